The lowest BCUT2D eigenvalue weighted by Crippen LogP contribution is -2.45. The van der Waals surface area contributed by atoms with Crippen molar-refractivity contribution in [1.29, 1.82) is 0 Å². The van der Waals surface area contributed by atoms with Crippen LogP contribution in [0.15, 0.2) is 12.4 Å². The van der Waals surface area contributed by atoms with E-state index in [1.165, 1.54) is 0 Å². The molecule has 0 atom stereocenters. The van der Waals surface area contributed by atoms with Crippen molar-refractivity contribution in [1.82, 2.24) is 20.2 Å². The molecule has 0 aliphatic carbocycles. The van der Waals surface area contributed by atoms with Crippen molar-refractivity contribution in [2.45, 2.75) is 25.4 Å². The van der Waals surface area contributed by atoms with E-state index in [4.69, 9.17) is 4.74 Å². The van der Waals surface area contributed by atoms with Crippen molar-refractivity contribution < 1.29 is 9.53 Å². The highest BCUT2D eigenvalue weighted by molar-refractivity contribution is 5.77. The maximum absolute atomic E-state index is 11.6. The highest BCUT2D eigenvalue weighted by Crippen LogP contribution is 2.11. The Labute approximate surface area is 107 Å². The minimum Gasteiger partial charge on any atom is -0.375 e. The summed E-state index contributed by atoms with van der Waals surface area (Å²) >= 11 is 0. The van der Waals surface area contributed by atoms with Gasteiger partial charge in [-0.25, -0.2) is 4.98 Å². The summed E-state index contributed by atoms with van der Waals surface area (Å²) < 4.78 is 4.86. The van der Waals surface area contributed by atoms with Crippen LogP contribution in [0, 0.1) is 0 Å². The first kappa shape index (κ1) is 13.0. The Bertz CT molecular complexity index is 358. The van der Waals surface area contributed by atoms with Crippen LogP contribution in [0.1, 0.15) is 18.7 Å². The Morgan fingerprint density at radius 2 is 2.39 bits per heavy atom. The van der Waals surface area contributed by atoms with Gasteiger partial charge in [-0.15, -0.1) is 0 Å². The van der Waals surface area contributed by atoms with Gasteiger partial charge in [-0.3, -0.25) is 4.79 Å². The first-order chi connectivity index (χ1) is 8.79. The molecule has 0 bridgehead atoms. The summed E-state index contributed by atoms with van der Waals surface area (Å²) in [5.74, 6) is 1.04. The van der Waals surface area contributed by atoms with Crippen LogP contribution < -0.4 is 5.32 Å². The standard InChI is InChI=1S/C12H20N4O2/c1-18-9-12(17)16-6-2-10(3-7-16)15-8-11-13-4-5-14-11/h4-5,10,15H,2-3,6-9H2,1H3,(H,13,14). The summed E-state index contributed by atoms with van der Waals surface area (Å²) in [4.78, 5) is 20.7. The lowest BCUT2D eigenvalue weighted by atomic mass is 10.1. The van der Waals surface area contributed by atoms with Crippen LogP contribution in [-0.2, 0) is 16.1 Å². The number of rotatable bonds is 5. The van der Waals surface area contributed by atoms with Crippen molar-refractivity contribution in [2.75, 3.05) is 26.8 Å². The number of hydrogen-bond donors (Lipinski definition) is 2. The Balaban J connectivity index is 1.68. The SMILES string of the molecule is COCC(=O)N1CCC(NCc2ncc[nH]2)CC1. The van der Waals surface area contributed by atoms with Crippen LogP contribution in [0.3, 0.4) is 0 Å². The van der Waals surface area contributed by atoms with E-state index < -0.39 is 0 Å². The van der Waals surface area contributed by atoms with Gasteiger partial charge in [-0.2, -0.15) is 0 Å². The molecule has 1 aliphatic heterocycles. The number of hydrogen-bond acceptors (Lipinski definition) is 4. The molecule has 6 nitrogen and oxygen atoms in total. The van der Waals surface area contributed by atoms with E-state index >= 15 is 0 Å². The molecule has 1 aromatic rings. The molecule has 0 saturated carbocycles. The molecule has 1 aliphatic rings. The molecule has 1 saturated heterocycles. The van der Waals surface area contributed by atoms with Gasteiger partial charge in [0.1, 0.15) is 12.4 Å². The molecule has 0 radical (unpaired) electrons. The average Bonchev–Trinajstić information content (AvgIpc) is 2.90. The molecule has 6 heteroatoms. The number of amides is 1. The zero-order valence-corrected chi connectivity index (χ0v) is 10.7. The number of aromatic amines is 1. The number of nitrogens with zero attached hydrogens (tertiary/aromatic N) is 2. The number of likely N-dealkylation sites (tertiary alicyclic amines) is 1. The fraction of sp³-hybridized carbons (Fsp3) is 0.667. The normalized spacial score (nSPS) is 17.1. The second-order valence-electron chi connectivity index (χ2n) is 4.50. The summed E-state index contributed by atoms with van der Waals surface area (Å²) in [5.41, 5.74) is 0. The summed E-state index contributed by atoms with van der Waals surface area (Å²) in [6.45, 7) is 2.55. The molecule has 2 N–H and O–H groups in total. The van der Waals surface area contributed by atoms with Crippen LogP contribution in [0.2, 0.25) is 0 Å². The lowest BCUT2D eigenvalue weighted by molar-refractivity contribution is -0.136. The van der Waals surface area contributed by atoms with Gasteiger partial charge in [0.15, 0.2) is 0 Å². The zero-order chi connectivity index (χ0) is 12.8. The summed E-state index contributed by atoms with van der Waals surface area (Å²) in [6.07, 6.45) is 5.54. The number of nitrogens with one attached hydrogen (secondary N) is 2. The Kier molecular flexibility index (Phi) is 4.72. The molecule has 1 amide bonds. The number of carbonyl (C=O) groups is 1. The van der Waals surface area contributed by atoms with Crippen LogP contribution in [0.5, 0.6) is 0 Å². The fourth-order valence-electron chi connectivity index (χ4n) is 2.18. The van der Waals surface area contributed by atoms with Gasteiger partial charge in [0.25, 0.3) is 0 Å². The number of piperidine rings is 1. The minimum atomic E-state index is 0.0852. The lowest BCUT2D eigenvalue weighted by Gasteiger charge is -2.32. The minimum absolute atomic E-state index is 0.0852. The maximum atomic E-state index is 11.6. The number of carbonyl (C=O) groups excluding carboxylic acids is 1. The molecule has 2 heterocycles. The van der Waals surface area contributed by atoms with Crippen molar-refractivity contribution in [3.63, 3.8) is 0 Å². The van der Waals surface area contributed by atoms with E-state index in [1.54, 1.807) is 13.3 Å². The summed E-state index contributed by atoms with van der Waals surface area (Å²) in [7, 11) is 1.55. The van der Waals surface area contributed by atoms with E-state index in [2.05, 4.69) is 15.3 Å². The smallest absolute Gasteiger partial charge is 0.248 e. The molecule has 1 aromatic heterocycles. The maximum Gasteiger partial charge on any atom is 0.248 e. The molecule has 18 heavy (non-hydrogen) atoms. The first-order valence-electron chi connectivity index (χ1n) is 6.28. The average molecular weight is 252 g/mol. The van der Waals surface area contributed by atoms with Gasteiger partial charge in [0.05, 0.1) is 6.54 Å². The van der Waals surface area contributed by atoms with Gasteiger partial charge in [0, 0.05) is 38.6 Å². The van der Waals surface area contributed by atoms with E-state index in [0.29, 0.717) is 6.04 Å². The largest absolute Gasteiger partial charge is 0.375 e. The van der Waals surface area contributed by atoms with E-state index in [-0.39, 0.29) is 12.5 Å². The summed E-state index contributed by atoms with van der Waals surface area (Å²) in [6, 6.07) is 0.460. The van der Waals surface area contributed by atoms with Crippen molar-refractivity contribution in [3.05, 3.63) is 18.2 Å². The van der Waals surface area contributed by atoms with E-state index in [1.807, 2.05) is 11.1 Å². The van der Waals surface area contributed by atoms with Gasteiger partial charge in [-0.05, 0) is 12.8 Å². The second kappa shape index (κ2) is 6.51. The molecule has 100 valence electrons. The monoisotopic (exact) mass is 252 g/mol. The zero-order valence-electron chi connectivity index (χ0n) is 10.7. The second-order valence-corrected chi connectivity index (χ2v) is 4.50. The van der Waals surface area contributed by atoms with Crippen molar-refractivity contribution in [2.24, 2.45) is 0 Å². The third-order valence-corrected chi connectivity index (χ3v) is 3.23. The molecular weight excluding hydrogens is 232 g/mol. The molecule has 0 spiro atoms. The predicted octanol–water partition coefficient (Wildman–Crippen LogP) is 0.137. The highest BCUT2D eigenvalue weighted by Gasteiger charge is 2.22. The molecule has 0 unspecified atom stereocenters. The van der Waals surface area contributed by atoms with Crippen molar-refractivity contribution >= 4 is 5.91 Å². The fourth-order valence-corrected chi connectivity index (χ4v) is 2.18. The Morgan fingerprint density at radius 3 is 3.00 bits per heavy atom. The van der Waals surface area contributed by atoms with Crippen LogP contribution >= 0.6 is 0 Å². The third-order valence-electron chi connectivity index (χ3n) is 3.23. The van der Waals surface area contributed by atoms with Gasteiger partial charge in [-0.1, -0.05) is 0 Å². The third kappa shape index (κ3) is 3.54. The summed E-state index contributed by atoms with van der Waals surface area (Å²) in [5, 5.41) is 3.45. The molecule has 1 fully saturated rings. The highest BCUT2D eigenvalue weighted by atomic mass is 16.5. The van der Waals surface area contributed by atoms with Crippen LogP contribution in [0.4, 0.5) is 0 Å². The first-order valence-corrected chi connectivity index (χ1v) is 6.28. The Hall–Kier alpha value is -1.40. The number of imidazole rings is 1. The van der Waals surface area contributed by atoms with Gasteiger partial charge < -0.3 is 19.9 Å². The van der Waals surface area contributed by atoms with Crippen molar-refractivity contribution in [3.8, 4) is 0 Å². The quantitative estimate of drug-likeness (QED) is 0.782. The molecule has 0 aromatic carbocycles. The van der Waals surface area contributed by atoms with Gasteiger partial charge >= 0.3 is 0 Å². The molecule has 2 rings (SSSR count). The topological polar surface area (TPSA) is 70.2 Å². The van der Waals surface area contributed by atoms with Crippen LogP contribution in [-0.4, -0.2) is 53.6 Å². The number of methoxy groups -OCH3 is 1. The number of ether oxygens (including phenoxy) is 1. The number of aromatic nitrogens is 2. The molecular formula is C12H20N4O2. The predicted molar refractivity (Wildman–Crippen MR) is 66.9 cm³/mol. The van der Waals surface area contributed by atoms with Crippen LogP contribution in [0.25, 0.3) is 0 Å². The van der Waals surface area contributed by atoms with Gasteiger partial charge in [0.2, 0.25) is 5.91 Å². The van der Waals surface area contributed by atoms with E-state index in [0.717, 1.165) is 38.3 Å². The van der Waals surface area contributed by atoms with E-state index in [9.17, 15) is 4.79 Å². The Morgan fingerprint density at radius 1 is 1.61 bits per heavy atom. The number of H-pyrrole nitrogens is 1.